The molecule has 0 amide bonds. The highest BCUT2D eigenvalue weighted by molar-refractivity contribution is 9.10. The summed E-state index contributed by atoms with van der Waals surface area (Å²) in [5, 5.41) is 3.96. The molecular formula is C16H15BrClN5O. The summed E-state index contributed by atoms with van der Waals surface area (Å²) in [6.45, 7) is 0.770. The van der Waals surface area contributed by atoms with Crippen LogP contribution in [0, 0.1) is 0 Å². The van der Waals surface area contributed by atoms with E-state index in [4.69, 9.17) is 16.3 Å². The van der Waals surface area contributed by atoms with Gasteiger partial charge in [-0.2, -0.15) is 0 Å². The van der Waals surface area contributed by atoms with Crippen LogP contribution in [0.25, 0.3) is 11.2 Å². The number of nitrogens with one attached hydrogen (secondary N) is 1. The van der Waals surface area contributed by atoms with Gasteiger partial charge in [0.25, 0.3) is 0 Å². The van der Waals surface area contributed by atoms with Crippen LogP contribution in [-0.4, -0.2) is 26.1 Å². The second-order valence-corrected chi connectivity index (χ2v) is 6.76. The van der Waals surface area contributed by atoms with E-state index in [-0.39, 0.29) is 6.23 Å². The zero-order valence-electron chi connectivity index (χ0n) is 12.7. The highest BCUT2D eigenvalue weighted by Gasteiger charge is 2.21. The molecule has 24 heavy (non-hydrogen) atoms. The van der Waals surface area contributed by atoms with Gasteiger partial charge in [0.05, 0.1) is 6.33 Å². The van der Waals surface area contributed by atoms with E-state index >= 15 is 0 Å². The number of imidazole rings is 1. The molecule has 4 rings (SSSR count). The van der Waals surface area contributed by atoms with Gasteiger partial charge in [-0.05, 0) is 59.5 Å². The van der Waals surface area contributed by atoms with E-state index in [1.165, 1.54) is 0 Å². The van der Waals surface area contributed by atoms with Gasteiger partial charge in [-0.3, -0.25) is 4.57 Å². The first-order valence-electron chi connectivity index (χ1n) is 7.75. The van der Waals surface area contributed by atoms with Crippen LogP contribution in [0.1, 0.15) is 25.5 Å². The first-order valence-corrected chi connectivity index (χ1v) is 8.92. The van der Waals surface area contributed by atoms with Gasteiger partial charge in [-0.25, -0.2) is 15.0 Å². The Labute approximate surface area is 152 Å². The van der Waals surface area contributed by atoms with E-state index in [1.807, 2.05) is 28.8 Å². The number of rotatable bonds is 3. The maximum absolute atomic E-state index is 5.93. The number of nitrogens with zero attached hydrogens (tertiary/aromatic N) is 4. The molecule has 0 spiro atoms. The molecule has 1 aromatic carbocycles. The maximum Gasteiger partial charge on any atom is 0.200 e. The summed E-state index contributed by atoms with van der Waals surface area (Å²) in [5.41, 5.74) is 2.34. The highest BCUT2D eigenvalue weighted by atomic mass is 79.9. The number of ether oxygens (including phenoxy) is 1. The SMILES string of the molecule is Clc1ccc(Nc2nc(Br)nc3c2ncn3C2CCCCO2)cc1. The van der Waals surface area contributed by atoms with Crippen molar-refractivity contribution in [3.8, 4) is 0 Å². The Balaban J connectivity index is 1.73. The van der Waals surface area contributed by atoms with Gasteiger partial charge in [-0.1, -0.05) is 11.6 Å². The van der Waals surface area contributed by atoms with Crippen LogP contribution in [0.2, 0.25) is 5.02 Å². The smallest absolute Gasteiger partial charge is 0.200 e. The Kier molecular flexibility index (Phi) is 4.39. The molecule has 1 unspecified atom stereocenters. The maximum atomic E-state index is 5.93. The predicted molar refractivity (Wildman–Crippen MR) is 96.6 cm³/mol. The molecule has 0 aliphatic carbocycles. The zero-order chi connectivity index (χ0) is 16.5. The molecule has 2 aromatic heterocycles. The average Bonchev–Trinajstić information content (AvgIpc) is 3.01. The van der Waals surface area contributed by atoms with Gasteiger partial charge >= 0.3 is 0 Å². The molecule has 1 aliphatic rings. The van der Waals surface area contributed by atoms with Crippen molar-refractivity contribution in [3.63, 3.8) is 0 Å². The molecule has 0 saturated carbocycles. The molecule has 3 aromatic rings. The second kappa shape index (κ2) is 6.66. The molecule has 1 aliphatic heterocycles. The van der Waals surface area contributed by atoms with Gasteiger partial charge < -0.3 is 10.1 Å². The van der Waals surface area contributed by atoms with E-state index in [9.17, 15) is 0 Å². The lowest BCUT2D eigenvalue weighted by Crippen LogP contribution is -2.17. The molecule has 124 valence electrons. The van der Waals surface area contributed by atoms with Crippen molar-refractivity contribution in [1.29, 1.82) is 0 Å². The van der Waals surface area contributed by atoms with Gasteiger partial charge in [-0.15, -0.1) is 0 Å². The fourth-order valence-electron chi connectivity index (χ4n) is 2.80. The molecule has 6 nitrogen and oxygen atoms in total. The third-order valence-corrected chi connectivity index (χ3v) is 4.57. The van der Waals surface area contributed by atoms with Gasteiger partial charge in [0, 0.05) is 17.3 Å². The Bertz CT molecular complexity index is 861. The van der Waals surface area contributed by atoms with Crippen LogP contribution in [-0.2, 0) is 4.74 Å². The fraction of sp³-hybridized carbons (Fsp3) is 0.312. The van der Waals surface area contributed by atoms with Crippen LogP contribution in [0.5, 0.6) is 0 Å². The van der Waals surface area contributed by atoms with Gasteiger partial charge in [0.1, 0.15) is 6.23 Å². The van der Waals surface area contributed by atoms with Crippen molar-refractivity contribution in [2.45, 2.75) is 25.5 Å². The fourth-order valence-corrected chi connectivity index (χ4v) is 3.27. The summed E-state index contributed by atoms with van der Waals surface area (Å²) in [6.07, 6.45) is 4.97. The number of fused-ring (bicyclic) bond motifs is 1. The number of anilines is 2. The van der Waals surface area contributed by atoms with E-state index in [1.54, 1.807) is 6.33 Å². The molecule has 1 fully saturated rings. The molecule has 1 saturated heterocycles. The van der Waals surface area contributed by atoms with Crippen molar-refractivity contribution in [1.82, 2.24) is 19.5 Å². The van der Waals surface area contributed by atoms with E-state index in [2.05, 4.69) is 36.2 Å². The van der Waals surface area contributed by atoms with E-state index in [0.29, 0.717) is 21.1 Å². The molecule has 8 heteroatoms. The minimum atomic E-state index is -0.0195. The number of hydrogen-bond donors (Lipinski definition) is 1. The van der Waals surface area contributed by atoms with Crippen LogP contribution < -0.4 is 5.32 Å². The number of hydrogen-bond acceptors (Lipinski definition) is 5. The summed E-state index contributed by atoms with van der Waals surface area (Å²) >= 11 is 9.32. The summed E-state index contributed by atoms with van der Waals surface area (Å²) < 4.78 is 8.34. The van der Waals surface area contributed by atoms with Crippen LogP contribution in [0.15, 0.2) is 35.3 Å². The third-order valence-electron chi connectivity index (χ3n) is 3.97. The molecule has 1 N–H and O–H groups in total. The Morgan fingerprint density at radius 3 is 2.79 bits per heavy atom. The number of aromatic nitrogens is 4. The first-order chi connectivity index (χ1) is 11.7. The van der Waals surface area contributed by atoms with Gasteiger partial charge in [0.2, 0.25) is 4.73 Å². The van der Waals surface area contributed by atoms with Gasteiger partial charge in [0.15, 0.2) is 17.0 Å². The number of benzene rings is 1. The summed E-state index contributed by atoms with van der Waals surface area (Å²) in [7, 11) is 0. The summed E-state index contributed by atoms with van der Waals surface area (Å²) in [6, 6.07) is 7.44. The lowest BCUT2D eigenvalue weighted by atomic mass is 10.2. The minimum Gasteiger partial charge on any atom is -0.358 e. The normalized spacial score (nSPS) is 18.0. The Morgan fingerprint density at radius 1 is 1.21 bits per heavy atom. The molecular weight excluding hydrogens is 394 g/mol. The van der Waals surface area contributed by atoms with Crippen LogP contribution >= 0.6 is 27.5 Å². The van der Waals surface area contributed by atoms with Crippen molar-refractivity contribution in [2.75, 3.05) is 11.9 Å². The van der Waals surface area contributed by atoms with Crippen molar-refractivity contribution < 1.29 is 4.74 Å². The zero-order valence-corrected chi connectivity index (χ0v) is 15.1. The Morgan fingerprint density at radius 2 is 2.04 bits per heavy atom. The van der Waals surface area contributed by atoms with E-state index in [0.717, 1.165) is 37.2 Å². The predicted octanol–water partition coefficient (Wildman–Crippen LogP) is 4.68. The molecule has 0 bridgehead atoms. The lowest BCUT2D eigenvalue weighted by molar-refractivity contribution is -0.0298. The average molecular weight is 409 g/mol. The van der Waals surface area contributed by atoms with E-state index < -0.39 is 0 Å². The monoisotopic (exact) mass is 407 g/mol. The number of halogens is 2. The quantitative estimate of drug-likeness (QED) is 0.637. The van der Waals surface area contributed by atoms with Crippen molar-refractivity contribution in [2.24, 2.45) is 0 Å². The first kappa shape index (κ1) is 15.8. The van der Waals surface area contributed by atoms with Crippen molar-refractivity contribution >= 4 is 50.2 Å². The second-order valence-electron chi connectivity index (χ2n) is 5.62. The highest BCUT2D eigenvalue weighted by Crippen LogP contribution is 2.30. The largest absolute Gasteiger partial charge is 0.358 e. The molecule has 0 radical (unpaired) electrons. The summed E-state index contributed by atoms with van der Waals surface area (Å²) in [5.74, 6) is 0.642. The van der Waals surface area contributed by atoms with Crippen molar-refractivity contribution in [3.05, 3.63) is 40.3 Å². The third kappa shape index (κ3) is 3.11. The minimum absolute atomic E-state index is 0.0195. The Hall–Kier alpha value is -1.70. The lowest BCUT2D eigenvalue weighted by Gasteiger charge is -2.23. The topological polar surface area (TPSA) is 64.9 Å². The van der Waals surface area contributed by atoms with Crippen LogP contribution in [0.3, 0.4) is 0 Å². The summed E-state index contributed by atoms with van der Waals surface area (Å²) in [4.78, 5) is 13.4. The molecule has 3 heterocycles. The van der Waals surface area contributed by atoms with Crippen LogP contribution in [0.4, 0.5) is 11.5 Å². The standard InChI is InChI=1S/C16H15BrClN5O/c17-16-21-14(20-11-6-4-10(18)5-7-11)13-15(22-16)23(9-19-13)12-3-1-2-8-24-12/h4-7,9,12H,1-3,8H2,(H,20,21,22). The molecule has 1 atom stereocenters.